The number of thiol groups is 1. The Kier molecular flexibility index (Phi) is 18.7. The molecule has 0 aliphatic heterocycles. The Morgan fingerprint density at radius 2 is 1.04 bits per heavy atom. The van der Waals surface area contributed by atoms with Crippen LogP contribution in [0.5, 0.6) is 0 Å². The second kappa shape index (κ2) is 26.6. The average molecular weight is 1120 g/mol. The lowest BCUT2D eigenvalue weighted by Crippen LogP contribution is -2.04. The van der Waals surface area contributed by atoms with Crippen molar-refractivity contribution in [3.8, 4) is 86.1 Å². The number of para-hydroxylation sites is 1. The predicted molar refractivity (Wildman–Crippen MR) is 363 cm³/mol. The van der Waals surface area contributed by atoms with Gasteiger partial charge in [0.25, 0.3) is 0 Å². The number of fused-ring (bicyclic) bond motifs is 4. The molecule has 1 unspecified atom stereocenters. The average Bonchev–Trinajstić information content (AvgIpc) is 1.65. The zero-order valence-electron chi connectivity index (χ0n) is 48.2. The van der Waals surface area contributed by atoms with Crippen molar-refractivity contribution < 1.29 is 0 Å². The van der Waals surface area contributed by atoms with Crippen molar-refractivity contribution in [2.24, 2.45) is 10.4 Å². The van der Waals surface area contributed by atoms with E-state index in [0.717, 1.165) is 134 Å². The highest BCUT2D eigenvalue weighted by atomic mass is 32.7. The van der Waals surface area contributed by atoms with Crippen LogP contribution in [0.15, 0.2) is 243 Å². The normalized spacial score (nSPS) is 11.7. The molecule has 0 bridgehead atoms. The zero-order valence-corrected chi connectivity index (χ0v) is 50.2. The van der Waals surface area contributed by atoms with E-state index in [1.54, 1.807) is 6.08 Å². The fraction of sp³-hybridized carbons (Fsp3) is 0.122. The van der Waals surface area contributed by atoms with E-state index in [0.29, 0.717) is 5.82 Å². The summed E-state index contributed by atoms with van der Waals surface area (Å²) in [7, 11) is 2.11. The number of terminal acetylenes is 1. The molecule has 3 heterocycles. The third-order valence-corrected chi connectivity index (χ3v) is 14.4. The first-order chi connectivity index (χ1) is 40.6. The summed E-state index contributed by atoms with van der Waals surface area (Å²) in [5.74, 6) is 2.50. The molecule has 7 nitrogen and oxygen atoms in total. The van der Waals surface area contributed by atoms with Gasteiger partial charge in [-0.2, -0.15) is 12.2 Å². The standard InChI is InChI=1S/C70H57N7.C2H6.C2H2.H3PS/c1-7-8-39-71-47(3)65-57-33-29-52(48-25-27-49(28-26-48)54-31-36-64-62(44-54)75-69(51-21-14-10-15-22-51)77(64)56-23-16-11-17-24-56)42-60(57)66(67-72-40-18-41-73-67)58-34-30-53(43-59(58)65)55-32-35-63-61(45-55)74-68(50-19-12-9-13-20-50)76(63)46(2)37-38-70(4,5)6;3*1-2/h7-37,39-45H,1,38H2,2-6H3;1-2H3;1-2H;2H,1H2/b39-8-,46-37+,71-47?;;;. The summed E-state index contributed by atoms with van der Waals surface area (Å²) in [5.41, 5.74) is 18.0. The summed E-state index contributed by atoms with van der Waals surface area (Å²) in [5, 5.41) is 4.19. The van der Waals surface area contributed by atoms with Gasteiger partial charge < -0.3 is 0 Å². The van der Waals surface area contributed by atoms with Crippen LogP contribution in [-0.4, -0.2) is 34.8 Å². The van der Waals surface area contributed by atoms with Gasteiger partial charge in [0.1, 0.15) is 11.6 Å². The molecular weight excluding hydrogens is 1050 g/mol. The van der Waals surface area contributed by atoms with Crippen LogP contribution in [-0.2, 0) is 0 Å². The Bertz CT molecular complexity index is 4340. The van der Waals surface area contributed by atoms with Crippen LogP contribution in [0, 0.1) is 18.3 Å². The highest BCUT2D eigenvalue weighted by molar-refractivity contribution is 8.31. The van der Waals surface area contributed by atoms with E-state index in [1.807, 2.05) is 56.7 Å². The number of imidazole rings is 2. The lowest BCUT2D eigenvalue weighted by Gasteiger charge is -2.18. The van der Waals surface area contributed by atoms with Crippen LogP contribution in [0.3, 0.4) is 0 Å². The molecule has 83 heavy (non-hydrogen) atoms. The molecule has 1 atom stereocenters. The second-order valence-corrected chi connectivity index (χ2v) is 20.8. The fourth-order valence-electron chi connectivity index (χ4n) is 10.6. The molecule has 0 amide bonds. The van der Waals surface area contributed by atoms with Crippen molar-refractivity contribution in [1.82, 2.24) is 29.1 Å². The van der Waals surface area contributed by atoms with E-state index in [9.17, 15) is 0 Å². The van der Waals surface area contributed by atoms with Crippen molar-refractivity contribution in [2.75, 3.05) is 0 Å². The van der Waals surface area contributed by atoms with Gasteiger partial charge in [-0.1, -0.05) is 201 Å². The molecule has 9 heteroatoms. The molecule has 0 N–H and O–H groups in total. The van der Waals surface area contributed by atoms with E-state index >= 15 is 0 Å². The summed E-state index contributed by atoms with van der Waals surface area (Å²) in [6.07, 6.45) is 20.4. The van der Waals surface area contributed by atoms with Crippen LogP contribution in [0.2, 0.25) is 0 Å². The molecule has 0 saturated carbocycles. The van der Waals surface area contributed by atoms with Gasteiger partial charge in [0.05, 0.1) is 22.1 Å². The third-order valence-electron chi connectivity index (χ3n) is 14.4. The molecule has 410 valence electrons. The molecular formula is C74H68N7PS. The van der Waals surface area contributed by atoms with Gasteiger partial charge in [0.2, 0.25) is 0 Å². The topological polar surface area (TPSA) is 73.8 Å². The molecule has 12 aromatic rings. The van der Waals surface area contributed by atoms with Crippen LogP contribution < -0.4 is 0 Å². The highest BCUT2D eigenvalue weighted by Gasteiger charge is 2.22. The first kappa shape index (κ1) is 58.4. The largest absolute Gasteiger partial charge is 0.297 e. The molecule has 3 aromatic heterocycles. The maximum Gasteiger partial charge on any atom is 0.160 e. The minimum Gasteiger partial charge on any atom is -0.297 e. The lowest BCUT2D eigenvalue weighted by atomic mass is 9.86. The van der Waals surface area contributed by atoms with Crippen molar-refractivity contribution in [1.29, 1.82) is 0 Å². The van der Waals surface area contributed by atoms with Crippen molar-refractivity contribution in [2.45, 2.75) is 54.9 Å². The predicted octanol–water partition coefficient (Wildman–Crippen LogP) is 20.3. The van der Waals surface area contributed by atoms with Gasteiger partial charge in [-0.15, -0.1) is 12.8 Å². The Morgan fingerprint density at radius 1 is 0.554 bits per heavy atom. The van der Waals surface area contributed by atoms with Crippen molar-refractivity contribution in [3.05, 3.63) is 243 Å². The number of hydrogen-bond acceptors (Lipinski definition) is 6. The first-order valence-electron chi connectivity index (χ1n) is 27.8. The minimum atomic E-state index is 0.160. The summed E-state index contributed by atoms with van der Waals surface area (Å²) in [6.45, 7) is 19.0. The van der Waals surface area contributed by atoms with Gasteiger partial charge >= 0.3 is 0 Å². The Morgan fingerprint density at radius 3 is 1.64 bits per heavy atom. The SMILES string of the molecule is C#C.C=C/C=C\N=C(C)c1c2cc(-c3ccc4c(c3)nc(-c3ccccc3)n4/C(C)=C/CC(C)(C)C)ccc2c(-c2ncccn2)c2cc(-c3ccc(-c4ccc5c(c4)nc(-c4ccccc4)n5-c4ccccc4)cc3)ccc12.CC.PS. The molecule has 0 radical (unpaired) electrons. The highest BCUT2D eigenvalue weighted by Crippen LogP contribution is 2.43. The first-order valence-corrected chi connectivity index (χ1v) is 29.9. The molecule has 0 aliphatic rings. The monoisotopic (exact) mass is 1120 g/mol. The molecule has 0 aliphatic carbocycles. The number of benzene rings is 9. The van der Waals surface area contributed by atoms with Gasteiger partial charge in [-0.05, 0) is 141 Å². The van der Waals surface area contributed by atoms with Crippen molar-refractivity contribution >= 4 is 75.7 Å². The quantitative estimate of drug-likeness (QED) is 0.0330. The summed E-state index contributed by atoms with van der Waals surface area (Å²) in [6, 6.07) is 68.8. The number of allylic oxidation sites excluding steroid dienone is 4. The number of aromatic nitrogens is 6. The van der Waals surface area contributed by atoms with E-state index in [4.69, 9.17) is 24.9 Å². The number of nitrogens with zero attached hydrogens (tertiary/aromatic N) is 7. The van der Waals surface area contributed by atoms with E-state index in [1.165, 1.54) is 0 Å². The molecule has 0 fully saturated rings. The van der Waals surface area contributed by atoms with Gasteiger partial charge in [-0.3, -0.25) is 14.1 Å². The summed E-state index contributed by atoms with van der Waals surface area (Å²) in [4.78, 5) is 25.4. The van der Waals surface area contributed by atoms with E-state index in [-0.39, 0.29) is 5.41 Å². The van der Waals surface area contributed by atoms with Crippen LogP contribution in [0.25, 0.3) is 123 Å². The smallest absolute Gasteiger partial charge is 0.160 e. The number of rotatable bonds is 12. The van der Waals surface area contributed by atoms with Crippen LogP contribution in [0.4, 0.5) is 0 Å². The van der Waals surface area contributed by atoms with Gasteiger partial charge in [-0.25, -0.2) is 19.9 Å². The van der Waals surface area contributed by atoms with Crippen LogP contribution >= 0.6 is 20.7 Å². The summed E-state index contributed by atoms with van der Waals surface area (Å²) >= 11 is 3.44. The second-order valence-electron chi connectivity index (χ2n) is 20.8. The fourth-order valence-corrected chi connectivity index (χ4v) is 10.6. The van der Waals surface area contributed by atoms with E-state index in [2.05, 4.69) is 266 Å². The lowest BCUT2D eigenvalue weighted by molar-refractivity contribution is 0.420. The maximum absolute atomic E-state index is 5.33. The van der Waals surface area contributed by atoms with Crippen LogP contribution in [0.1, 0.15) is 60.5 Å². The van der Waals surface area contributed by atoms with Gasteiger partial charge in [0, 0.05) is 57.9 Å². The van der Waals surface area contributed by atoms with Gasteiger partial charge in [0.15, 0.2) is 5.82 Å². The zero-order chi connectivity index (χ0) is 58.6. The minimum absolute atomic E-state index is 0.160. The molecule has 0 spiro atoms. The third kappa shape index (κ3) is 12.3. The molecule has 9 aromatic carbocycles. The number of hydrogen-bond donors (Lipinski definition) is 1. The Labute approximate surface area is 496 Å². The maximum atomic E-state index is 5.33. The molecule has 12 rings (SSSR count). The van der Waals surface area contributed by atoms with E-state index < -0.39 is 0 Å². The Balaban J connectivity index is 0.00000134. The summed E-state index contributed by atoms with van der Waals surface area (Å²) < 4.78 is 4.55. The Hall–Kier alpha value is -9.25. The van der Waals surface area contributed by atoms with Crippen molar-refractivity contribution in [3.63, 3.8) is 0 Å². The molecule has 0 saturated heterocycles. The number of aliphatic imine (C=N–C) groups is 1.